The number of sulfonamides is 1. The molecule has 1 N–H and O–H groups in total. The quantitative estimate of drug-likeness (QED) is 0.564. The summed E-state index contributed by atoms with van der Waals surface area (Å²) in [5, 5.41) is 3.21. The molecular weight excluding hydrogens is 240 g/mol. The van der Waals surface area contributed by atoms with Crippen molar-refractivity contribution in [2.75, 3.05) is 26.4 Å². The van der Waals surface area contributed by atoms with Gasteiger partial charge in [0.1, 0.15) is 0 Å². The fourth-order valence-electron chi connectivity index (χ4n) is 1.80. The Balaban J connectivity index is 2.48. The van der Waals surface area contributed by atoms with Crippen molar-refractivity contribution >= 4 is 22.2 Å². The third kappa shape index (κ3) is 4.43. The summed E-state index contributed by atoms with van der Waals surface area (Å²) in [5.41, 5.74) is 0. The lowest BCUT2D eigenvalue weighted by Crippen LogP contribution is -2.45. The van der Waals surface area contributed by atoms with E-state index in [1.807, 2.05) is 6.92 Å². The van der Waals surface area contributed by atoms with Crippen LogP contribution in [0, 0.1) is 0 Å². The van der Waals surface area contributed by atoms with Crippen molar-refractivity contribution in [2.45, 2.75) is 25.8 Å². The number of piperidine rings is 1. The zero-order chi connectivity index (χ0) is 12.9. The van der Waals surface area contributed by atoms with E-state index in [-0.39, 0.29) is 6.04 Å². The molecule has 0 saturated carbocycles. The summed E-state index contributed by atoms with van der Waals surface area (Å²) in [6.45, 7) is 2.95. The molecule has 0 aromatic rings. The van der Waals surface area contributed by atoms with E-state index < -0.39 is 10.0 Å². The molecule has 0 aromatic carbocycles. The van der Waals surface area contributed by atoms with Crippen LogP contribution >= 0.6 is 0 Å². The molecule has 0 aromatic heterocycles. The van der Waals surface area contributed by atoms with Crippen LogP contribution in [0.2, 0.25) is 0 Å². The average Bonchev–Trinajstić information content (AvgIpc) is 2.28. The molecule has 1 aliphatic rings. The predicted molar refractivity (Wildman–Crippen MR) is 70.1 cm³/mol. The van der Waals surface area contributed by atoms with Crippen LogP contribution in [-0.4, -0.2) is 57.3 Å². The second-order valence-corrected chi connectivity index (χ2v) is 6.00. The van der Waals surface area contributed by atoms with E-state index in [1.54, 1.807) is 13.3 Å². The van der Waals surface area contributed by atoms with Crippen molar-refractivity contribution in [1.29, 1.82) is 0 Å². The highest BCUT2D eigenvalue weighted by Crippen LogP contribution is 2.13. The van der Waals surface area contributed by atoms with Gasteiger partial charge in [0.05, 0.1) is 6.26 Å². The van der Waals surface area contributed by atoms with Crippen molar-refractivity contribution in [3.8, 4) is 0 Å². The van der Waals surface area contributed by atoms with Crippen molar-refractivity contribution in [2.24, 2.45) is 9.98 Å². The van der Waals surface area contributed by atoms with Gasteiger partial charge in [-0.15, -0.1) is 0 Å². The SMILES string of the molecule is CC=NC(=NC)NC1CCN(S(C)(=O)=O)CC1. The summed E-state index contributed by atoms with van der Waals surface area (Å²) in [6, 6.07) is 0.246. The first kappa shape index (κ1) is 14.1. The lowest BCUT2D eigenvalue weighted by Gasteiger charge is -2.30. The highest BCUT2D eigenvalue weighted by atomic mass is 32.2. The maximum absolute atomic E-state index is 11.3. The minimum atomic E-state index is -3.05. The first-order valence-corrected chi connectivity index (χ1v) is 7.49. The van der Waals surface area contributed by atoms with Crippen LogP contribution in [0.1, 0.15) is 19.8 Å². The van der Waals surface area contributed by atoms with Crippen molar-refractivity contribution < 1.29 is 8.42 Å². The zero-order valence-corrected chi connectivity index (χ0v) is 11.4. The Hall–Kier alpha value is -0.950. The summed E-state index contributed by atoms with van der Waals surface area (Å²) in [5.74, 6) is 0.602. The molecule has 0 spiro atoms. The van der Waals surface area contributed by atoms with Gasteiger partial charge in [0.2, 0.25) is 16.0 Å². The Labute approximate surface area is 103 Å². The van der Waals surface area contributed by atoms with Gasteiger partial charge in [0, 0.05) is 32.4 Å². The smallest absolute Gasteiger partial charge is 0.217 e. The van der Waals surface area contributed by atoms with E-state index in [2.05, 4.69) is 15.3 Å². The van der Waals surface area contributed by atoms with E-state index in [1.165, 1.54) is 10.6 Å². The summed E-state index contributed by atoms with van der Waals surface area (Å²) in [4.78, 5) is 8.10. The zero-order valence-electron chi connectivity index (χ0n) is 10.5. The molecule has 0 atom stereocenters. The van der Waals surface area contributed by atoms with E-state index in [0.29, 0.717) is 19.0 Å². The molecule has 1 heterocycles. The first-order valence-electron chi connectivity index (χ1n) is 5.64. The Bertz CT molecular complexity index is 395. The number of guanidine groups is 1. The maximum atomic E-state index is 11.3. The minimum Gasteiger partial charge on any atom is -0.352 e. The number of nitrogens with zero attached hydrogens (tertiary/aromatic N) is 3. The summed E-state index contributed by atoms with van der Waals surface area (Å²) in [6.07, 6.45) is 4.50. The molecule has 17 heavy (non-hydrogen) atoms. The van der Waals surface area contributed by atoms with Crippen LogP contribution in [0.15, 0.2) is 9.98 Å². The van der Waals surface area contributed by atoms with Gasteiger partial charge in [-0.25, -0.2) is 17.7 Å². The molecule has 0 bridgehead atoms. The molecule has 1 saturated heterocycles. The predicted octanol–water partition coefficient (Wildman–Crippen LogP) is 0.0765. The number of hydrogen-bond acceptors (Lipinski definition) is 3. The second kappa shape index (κ2) is 6.11. The minimum absolute atomic E-state index is 0.246. The highest BCUT2D eigenvalue weighted by molar-refractivity contribution is 7.88. The van der Waals surface area contributed by atoms with Gasteiger partial charge in [0.15, 0.2) is 0 Å². The van der Waals surface area contributed by atoms with Gasteiger partial charge in [-0.2, -0.15) is 0 Å². The normalized spacial score (nSPS) is 21.0. The average molecular weight is 260 g/mol. The molecule has 0 aliphatic carbocycles. The van der Waals surface area contributed by atoms with E-state index in [4.69, 9.17) is 0 Å². The Morgan fingerprint density at radius 3 is 2.41 bits per heavy atom. The molecule has 98 valence electrons. The van der Waals surface area contributed by atoms with E-state index in [9.17, 15) is 8.42 Å². The molecule has 1 rings (SSSR count). The summed E-state index contributed by atoms with van der Waals surface area (Å²) < 4.78 is 24.2. The van der Waals surface area contributed by atoms with E-state index in [0.717, 1.165) is 12.8 Å². The lowest BCUT2D eigenvalue weighted by molar-refractivity contribution is 0.308. The number of rotatable bonds is 2. The lowest BCUT2D eigenvalue weighted by atomic mass is 10.1. The Morgan fingerprint density at radius 2 is 2.00 bits per heavy atom. The number of hydrogen-bond donors (Lipinski definition) is 1. The van der Waals surface area contributed by atoms with Gasteiger partial charge in [-0.1, -0.05) is 0 Å². The van der Waals surface area contributed by atoms with E-state index >= 15 is 0 Å². The number of aliphatic imine (C=N–C) groups is 2. The van der Waals surface area contributed by atoms with Crippen LogP contribution in [0.3, 0.4) is 0 Å². The van der Waals surface area contributed by atoms with Gasteiger partial charge >= 0.3 is 0 Å². The van der Waals surface area contributed by atoms with Crippen molar-refractivity contribution in [3.05, 3.63) is 0 Å². The van der Waals surface area contributed by atoms with Gasteiger partial charge in [0.25, 0.3) is 0 Å². The molecule has 0 radical (unpaired) electrons. The Morgan fingerprint density at radius 1 is 1.41 bits per heavy atom. The summed E-state index contributed by atoms with van der Waals surface area (Å²) in [7, 11) is -1.37. The van der Waals surface area contributed by atoms with Gasteiger partial charge in [-0.05, 0) is 19.8 Å². The topological polar surface area (TPSA) is 74.1 Å². The fourth-order valence-corrected chi connectivity index (χ4v) is 2.67. The Kier molecular flexibility index (Phi) is 5.07. The third-order valence-electron chi connectivity index (χ3n) is 2.72. The fraction of sp³-hybridized carbons (Fsp3) is 0.800. The standard InChI is InChI=1S/C10H20N4O2S/c1-4-12-10(11-2)13-9-5-7-14(8-6-9)17(3,15)16/h4,9H,5-8H2,1-3H3,(H,11,13). The molecule has 0 amide bonds. The van der Waals surface area contributed by atoms with Crippen LogP contribution in [0.25, 0.3) is 0 Å². The van der Waals surface area contributed by atoms with Gasteiger partial charge < -0.3 is 5.32 Å². The van der Waals surface area contributed by atoms with Crippen molar-refractivity contribution in [1.82, 2.24) is 9.62 Å². The maximum Gasteiger partial charge on any atom is 0.217 e. The molecule has 0 unspecified atom stereocenters. The van der Waals surface area contributed by atoms with Crippen LogP contribution in [-0.2, 0) is 10.0 Å². The van der Waals surface area contributed by atoms with Crippen LogP contribution in [0.4, 0.5) is 0 Å². The molecule has 7 heteroatoms. The largest absolute Gasteiger partial charge is 0.352 e. The third-order valence-corrected chi connectivity index (χ3v) is 4.02. The molecular formula is C10H20N4O2S. The molecule has 1 aliphatic heterocycles. The molecule has 1 fully saturated rings. The van der Waals surface area contributed by atoms with Crippen LogP contribution in [0.5, 0.6) is 0 Å². The monoisotopic (exact) mass is 260 g/mol. The second-order valence-electron chi connectivity index (χ2n) is 4.02. The van der Waals surface area contributed by atoms with Crippen molar-refractivity contribution in [3.63, 3.8) is 0 Å². The first-order chi connectivity index (χ1) is 7.97. The highest BCUT2D eigenvalue weighted by Gasteiger charge is 2.25. The van der Waals surface area contributed by atoms with Crippen LogP contribution < -0.4 is 5.32 Å². The molecule has 6 nitrogen and oxygen atoms in total. The van der Waals surface area contributed by atoms with Gasteiger partial charge in [-0.3, -0.25) is 4.99 Å². The number of nitrogens with one attached hydrogen (secondary N) is 1. The summed E-state index contributed by atoms with van der Waals surface area (Å²) >= 11 is 0.